The Morgan fingerprint density at radius 2 is 1.58 bits per heavy atom. The van der Waals surface area contributed by atoms with E-state index < -0.39 is 18.9 Å². The number of hydrogen-bond acceptors (Lipinski definition) is 2. The van der Waals surface area contributed by atoms with Crippen molar-refractivity contribution in [2.24, 2.45) is 23.7 Å². The van der Waals surface area contributed by atoms with Gasteiger partial charge in [-0.15, -0.1) is 0 Å². The van der Waals surface area contributed by atoms with Crippen molar-refractivity contribution in [3.63, 3.8) is 0 Å². The molecule has 0 unspecified atom stereocenters. The molecule has 3 nitrogen and oxygen atoms in total. The molecular weight excluding hydrogens is 259 g/mol. The lowest BCUT2D eigenvalue weighted by molar-refractivity contribution is -0.160. The summed E-state index contributed by atoms with van der Waals surface area (Å²) >= 11 is 0. The minimum Gasteiger partial charge on any atom is -0.440 e. The van der Waals surface area contributed by atoms with Crippen LogP contribution in [0, 0.1) is 23.7 Å². The Morgan fingerprint density at radius 3 is 2.05 bits per heavy atom. The smallest absolute Gasteiger partial charge is 0.422 e. The number of carbonyl (C=O) groups excluding carboxylic acids is 1. The Morgan fingerprint density at radius 1 is 1.05 bits per heavy atom. The highest BCUT2D eigenvalue weighted by molar-refractivity contribution is 5.67. The van der Waals surface area contributed by atoms with E-state index in [-0.39, 0.29) is 6.04 Å². The topological polar surface area (TPSA) is 38.3 Å². The number of carbonyl (C=O) groups is 1. The maximum atomic E-state index is 12.0. The molecule has 4 rings (SSSR count). The Bertz CT molecular complexity index is 341. The number of halogens is 3. The van der Waals surface area contributed by atoms with Gasteiger partial charge in [0.2, 0.25) is 0 Å². The van der Waals surface area contributed by atoms with Crippen molar-refractivity contribution >= 4 is 6.09 Å². The summed E-state index contributed by atoms with van der Waals surface area (Å²) in [6.07, 6.45) is 0.359. The molecule has 0 aromatic heterocycles. The second-order valence-electron chi connectivity index (χ2n) is 6.29. The molecule has 4 aliphatic rings. The SMILES string of the molecule is O=C(NC1C2CC3CC(C2)CC1C3)OCC(F)(F)F. The van der Waals surface area contributed by atoms with Crippen LogP contribution in [0.4, 0.5) is 18.0 Å². The van der Waals surface area contributed by atoms with Gasteiger partial charge < -0.3 is 10.1 Å². The van der Waals surface area contributed by atoms with Crippen LogP contribution >= 0.6 is 0 Å². The van der Waals surface area contributed by atoms with Crippen LogP contribution in [0.25, 0.3) is 0 Å². The first-order chi connectivity index (χ1) is 8.90. The zero-order valence-corrected chi connectivity index (χ0v) is 10.6. The molecule has 0 atom stereocenters. The fourth-order valence-electron chi connectivity index (χ4n) is 4.49. The Labute approximate surface area is 109 Å². The Balaban J connectivity index is 1.54. The predicted octanol–water partition coefficient (Wildman–Crippen LogP) is 3.10. The molecule has 6 heteroatoms. The molecule has 0 saturated heterocycles. The van der Waals surface area contributed by atoms with Crippen LogP contribution in [0.15, 0.2) is 0 Å². The maximum Gasteiger partial charge on any atom is 0.422 e. The van der Waals surface area contributed by atoms with E-state index in [0.717, 1.165) is 37.5 Å². The third-order valence-corrected chi connectivity index (χ3v) is 4.88. The summed E-state index contributed by atoms with van der Waals surface area (Å²) in [5, 5.41) is 2.67. The average molecular weight is 277 g/mol. The number of hydrogen-bond donors (Lipinski definition) is 1. The summed E-state index contributed by atoms with van der Waals surface area (Å²) in [6, 6.07) is 0.0218. The molecule has 0 heterocycles. The Kier molecular flexibility index (Phi) is 3.14. The average Bonchev–Trinajstić information content (AvgIpc) is 2.29. The quantitative estimate of drug-likeness (QED) is 0.842. The first-order valence-electron chi connectivity index (χ1n) is 6.91. The minimum absolute atomic E-state index is 0.0218. The maximum absolute atomic E-state index is 12.0. The standard InChI is InChI=1S/C13H18F3NO2/c14-13(15,16)6-19-12(18)17-11-9-2-7-1-8(4-9)5-10(11)3-7/h7-11H,1-6H2,(H,17,18). The number of amides is 1. The molecule has 0 aromatic carbocycles. The zero-order chi connectivity index (χ0) is 13.6. The zero-order valence-electron chi connectivity index (χ0n) is 10.6. The van der Waals surface area contributed by atoms with Gasteiger partial charge in [-0.25, -0.2) is 4.79 Å². The van der Waals surface area contributed by atoms with Crippen molar-refractivity contribution < 1.29 is 22.7 Å². The van der Waals surface area contributed by atoms with Gasteiger partial charge in [0.25, 0.3) is 0 Å². The largest absolute Gasteiger partial charge is 0.440 e. The second-order valence-corrected chi connectivity index (χ2v) is 6.29. The van der Waals surface area contributed by atoms with E-state index >= 15 is 0 Å². The van der Waals surface area contributed by atoms with Gasteiger partial charge in [-0.2, -0.15) is 13.2 Å². The lowest BCUT2D eigenvalue weighted by Crippen LogP contribution is -2.56. The molecule has 19 heavy (non-hydrogen) atoms. The summed E-state index contributed by atoms with van der Waals surface area (Å²) in [5.74, 6) is 2.42. The van der Waals surface area contributed by atoms with E-state index in [1.54, 1.807) is 0 Å². The monoisotopic (exact) mass is 277 g/mol. The van der Waals surface area contributed by atoms with E-state index in [0.29, 0.717) is 11.8 Å². The van der Waals surface area contributed by atoms with Gasteiger partial charge in [0.15, 0.2) is 6.61 Å². The molecule has 4 aliphatic carbocycles. The van der Waals surface area contributed by atoms with Crippen LogP contribution < -0.4 is 5.32 Å². The number of alkyl carbamates (subject to hydrolysis) is 1. The predicted molar refractivity (Wildman–Crippen MR) is 61.4 cm³/mol. The van der Waals surface area contributed by atoms with E-state index in [1.165, 1.54) is 6.42 Å². The van der Waals surface area contributed by atoms with Gasteiger partial charge in [-0.05, 0) is 55.8 Å². The molecule has 1 amide bonds. The molecule has 4 fully saturated rings. The van der Waals surface area contributed by atoms with E-state index in [4.69, 9.17) is 0 Å². The molecular formula is C13H18F3NO2. The molecule has 4 bridgehead atoms. The highest BCUT2D eigenvalue weighted by Gasteiger charge is 2.48. The van der Waals surface area contributed by atoms with Crippen LogP contribution in [0.2, 0.25) is 0 Å². The van der Waals surface area contributed by atoms with Gasteiger partial charge in [-0.1, -0.05) is 0 Å². The highest BCUT2D eigenvalue weighted by atomic mass is 19.4. The first kappa shape index (κ1) is 13.1. The summed E-state index contributed by atoms with van der Waals surface area (Å²) < 4.78 is 40.2. The number of rotatable bonds is 2. The number of nitrogens with one attached hydrogen (secondary N) is 1. The summed E-state index contributed by atoms with van der Waals surface area (Å²) in [4.78, 5) is 11.4. The molecule has 0 aromatic rings. The fraction of sp³-hybridized carbons (Fsp3) is 0.923. The fourth-order valence-corrected chi connectivity index (χ4v) is 4.49. The number of ether oxygens (including phenoxy) is 1. The lowest BCUT2D eigenvalue weighted by atomic mass is 9.54. The van der Waals surface area contributed by atoms with Crippen LogP contribution in [-0.4, -0.2) is 24.9 Å². The van der Waals surface area contributed by atoms with Gasteiger partial charge in [-0.3, -0.25) is 0 Å². The van der Waals surface area contributed by atoms with Crippen LogP contribution in [-0.2, 0) is 4.74 Å². The van der Waals surface area contributed by atoms with Crippen molar-refractivity contribution in [1.82, 2.24) is 5.32 Å². The van der Waals surface area contributed by atoms with E-state index in [2.05, 4.69) is 10.1 Å². The molecule has 0 spiro atoms. The minimum atomic E-state index is -4.46. The second kappa shape index (κ2) is 4.56. The normalized spacial score (nSPS) is 40.3. The van der Waals surface area contributed by atoms with Gasteiger partial charge in [0.1, 0.15) is 0 Å². The van der Waals surface area contributed by atoms with Crippen LogP contribution in [0.3, 0.4) is 0 Å². The van der Waals surface area contributed by atoms with Crippen molar-refractivity contribution in [1.29, 1.82) is 0 Å². The van der Waals surface area contributed by atoms with Crippen molar-refractivity contribution in [3.8, 4) is 0 Å². The summed E-state index contributed by atoms with van der Waals surface area (Å²) in [7, 11) is 0. The highest BCUT2D eigenvalue weighted by Crippen LogP contribution is 2.53. The molecule has 108 valence electrons. The van der Waals surface area contributed by atoms with Crippen molar-refractivity contribution in [3.05, 3.63) is 0 Å². The molecule has 4 saturated carbocycles. The number of alkyl halides is 3. The third-order valence-electron chi connectivity index (χ3n) is 4.88. The van der Waals surface area contributed by atoms with Gasteiger partial charge >= 0.3 is 12.3 Å². The van der Waals surface area contributed by atoms with Crippen molar-refractivity contribution in [2.75, 3.05) is 6.61 Å². The van der Waals surface area contributed by atoms with Crippen molar-refractivity contribution in [2.45, 2.75) is 44.3 Å². The molecule has 0 radical (unpaired) electrons. The van der Waals surface area contributed by atoms with Crippen LogP contribution in [0.1, 0.15) is 32.1 Å². The van der Waals surface area contributed by atoms with Gasteiger partial charge in [0.05, 0.1) is 0 Å². The van der Waals surface area contributed by atoms with Gasteiger partial charge in [0, 0.05) is 6.04 Å². The first-order valence-corrected chi connectivity index (χ1v) is 6.91. The summed E-state index contributed by atoms with van der Waals surface area (Å²) in [6.45, 7) is -1.51. The third kappa shape index (κ3) is 2.82. The summed E-state index contributed by atoms with van der Waals surface area (Å²) in [5.41, 5.74) is 0. The molecule has 0 aliphatic heterocycles. The molecule has 1 N–H and O–H groups in total. The van der Waals surface area contributed by atoms with E-state index in [9.17, 15) is 18.0 Å². The van der Waals surface area contributed by atoms with Crippen LogP contribution in [0.5, 0.6) is 0 Å². The Hall–Kier alpha value is -0.940. The van der Waals surface area contributed by atoms with E-state index in [1.807, 2.05) is 0 Å². The lowest BCUT2D eigenvalue weighted by Gasteiger charge is -2.54.